The highest BCUT2D eigenvalue weighted by atomic mass is 32.1. The molecule has 1 heterocycles. The summed E-state index contributed by atoms with van der Waals surface area (Å²) in [6, 6.07) is 16.2. The largest absolute Gasteiger partial charge is 0.437 e. The molecule has 0 radical (unpaired) electrons. The number of nitrogens with two attached hydrogens (primary N) is 1. The normalized spacial score (nSPS) is 11.1. The molecule has 3 aromatic rings. The van der Waals surface area contributed by atoms with Crippen LogP contribution in [0, 0.1) is 6.92 Å². The maximum atomic E-state index is 12.8. The molecular formula is C23H26N4O2S. The Hall–Kier alpha value is -3.19. The predicted molar refractivity (Wildman–Crippen MR) is 126 cm³/mol. The molecule has 0 unspecified atom stereocenters. The molecule has 0 atom stereocenters. The number of carbonyl (C=O) groups is 1. The van der Waals surface area contributed by atoms with E-state index < -0.39 is 6.03 Å². The highest BCUT2D eigenvalue weighted by molar-refractivity contribution is 7.82. The molecule has 30 heavy (non-hydrogen) atoms. The van der Waals surface area contributed by atoms with Crippen LogP contribution in [0.4, 0.5) is 21.9 Å². The number of amides is 2. The zero-order chi connectivity index (χ0) is 21.9. The number of thiol groups is 1. The van der Waals surface area contributed by atoms with Gasteiger partial charge in [-0.1, -0.05) is 57.9 Å². The van der Waals surface area contributed by atoms with Crippen molar-refractivity contribution < 1.29 is 9.53 Å². The fraction of sp³-hybridized carbons (Fsp3) is 0.217. The van der Waals surface area contributed by atoms with Crippen molar-refractivity contribution in [2.45, 2.75) is 33.1 Å². The Kier molecular flexibility index (Phi) is 6.22. The van der Waals surface area contributed by atoms with Gasteiger partial charge in [0.1, 0.15) is 11.4 Å². The molecular weight excluding hydrogens is 396 g/mol. The first-order chi connectivity index (χ1) is 14.2. The molecule has 3 rings (SSSR count). The summed E-state index contributed by atoms with van der Waals surface area (Å²) in [7, 11) is 0. The van der Waals surface area contributed by atoms with E-state index in [1.807, 2.05) is 37.3 Å². The van der Waals surface area contributed by atoms with Crippen LogP contribution in [0.5, 0.6) is 11.6 Å². The van der Waals surface area contributed by atoms with E-state index in [-0.39, 0.29) is 5.41 Å². The molecule has 0 fully saturated rings. The monoisotopic (exact) mass is 422 g/mol. The zero-order valence-electron chi connectivity index (χ0n) is 17.5. The summed E-state index contributed by atoms with van der Waals surface area (Å²) < 4.78 is 7.26. The van der Waals surface area contributed by atoms with Gasteiger partial charge in [0.05, 0.1) is 11.4 Å². The van der Waals surface area contributed by atoms with Crippen molar-refractivity contribution in [1.82, 2.24) is 4.98 Å². The lowest BCUT2D eigenvalue weighted by molar-refractivity contribution is 0.260. The quantitative estimate of drug-likeness (QED) is 0.359. The molecule has 0 aliphatic heterocycles. The van der Waals surface area contributed by atoms with Gasteiger partial charge < -0.3 is 15.8 Å². The molecule has 0 spiro atoms. The van der Waals surface area contributed by atoms with Crippen molar-refractivity contribution in [3.8, 4) is 11.6 Å². The van der Waals surface area contributed by atoms with Gasteiger partial charge in [0.25, 0.3) is 0 Å². The number of rotatable bonds is 4. The molecule has 1 aromatic heterocycles. The third-order valence-electron chi connectivity index (χ3n) is 4.52. The minimum absolute atomic E-state index is 0.111. The number of nitrogens with zero attached hydrogens (tertiary/aromatic N) is 2. The van der Waals surface area contributed by atoms with E-state index in [9.17, 15) is 4.79 Å². The number of para-hydroxylation sites is 1. The average molecular weight is 423 g/mol. The van der Waals surface area contributed by atoms with Crippen LogP contribution in [0.15, 0.2) is 60.8 Å². The van der Waals surface area contributed by atoms with E-state index in [1.54, 1.807) is 30.5 Å². The second kappa shape index (κ2) is 8.67. The lowest BCUT2D eigenvalue weighted by atomic mass is 9.86. The van der Waals surface area contributed by atoms with Gasteiger partial charge in [0.15, 0.2) is 0 Å². The van der Waals surface area contributed by atoms with Gasteiger partial charge in [-0.3, -0.25) is 0 Å². The summed E-state index contributed by atoms with van der Waals surface area (Å²) in [6.07, 6.45) is 1.61. The number of hydrogen-bond acceptors (Lipinski definition) is 5. The molecule has 2 amide bonds. The molecule has 7 heteroatoms. The third kappa shape index (κ3) is 4.86. The number of hydrogen-bond donors (Lipinski definition) is 3. The summed E-state index contributed by atoms with van der Waals surface area (Å²) >= 11 is 4.32. The Morgan fingerprint density at radius 2 is 1.87 bits per heavy atom. The minimum Gasteiger partial charge on any atom is -0.437 e. The average Bonchev–Trinajstić information content (AvgIpc) is 2.68. The van der Waals surface area contributed by atoms with Crippen LogP contribution in [-0.4, -0.2) is 11.0 Å². The van der Waals surface area contributed by atoms with E-state index in [2.05, 4.69) is 43.9 Å². The van der Waals surface area contributed by atoms with E-state index in [0.29, 0.717) is 28.7 Å². The van der Waals surface area contributed by atoms with E-state index in [4.69, 9.17) is 10.5 Å². The number of aromatic nitrogens is 1. The lowest BCUT2D eigenvalue weighted by Gasteiger charge is -2.23. The fourth-order valence-corrected chi connectivity index (χ4v) is 3.22. The van der Waals surface area contributed by atoms with E-state index in [0.717, 1.165) is 15.4 Å². The fourth-order valence-electron chi connectivity index (χ4n) is 2.99. The number of nitrogen functional groups attached to an aromatic ring is 1. The molecule has 6 nitrogen and oxygen atoms in total. The number of nitrogens with one attached hydrogen (secondary N) is 1. The molecule has 156 valence electrons. The summed E-state index contributed by atoms with van der Waals surface area (Å²) in [5.74, 6) is 0.978. The number of ether oxygens (including phenoxy) is 1. The molecule has 3 N–H and O–H groups in total. The summed E-state index contributed by atoms with van der Waals surface area (Å²) in [4.78, 5) is 17.1. The molecule has 0 aliphatic rings. The van der Waals surface area contributed by atoms with Crippen LogP contribution < -0.4 is 20.1 Å². The zero-order valence-corrected chi connectivity index (χ0v) is 18.4. The Balaban J connectivity index is 1.85. The minimum atomic E-state index is -0.476. The van der Waals surface area contributed by atoms with E-state index in [1.165, 1.54) is 0 Å². The highest BCUT2D eigenvalue weighted by Crippen LogP contribution is 2.36. The van der Waals surface area contributed by atoms with Gasteiger partial charge in [-0.25, -0.2) is 14.1 Å². The summed E-state index contributed by atoms with van der Waals surface area (Å²) in [5, 5.41) is 2.80. The molecule has 0 saturated heterocycles. The van der Waals surface area contributed by atoms with Gasteiger partial charge in [-0.15, -0.1) is 0 Å². The smallest absolute Gasteiger partial charge is 0.336 e. The van der Waals surface area contributed by atoms with Crippen molar-refractivity contribution in [2.24, 2.45) is 0 Å². The highest BCUT2D eigenvalue weighted by Gasteiger charge is 2.21. The number of benzene rings is 2. The summed E-state index contributed by atoms with van der Waals surface area (Å²) in [5.41, 5.74) is 9.34. The van der Waals surface area contributed by atoms with Crippen LogP contribution in [0.25, 0.3) is 0 Å². The van der Waals surface area contributed by atoms with Crippen LogP contribution in [0.3, 0.4) is 0 Å². The van der Waals surface area contributed by atoms with Crippen LogP contribution >= 0.6 is 12.8 Å². The van der Waals surface area contributed by atoms with Gasteiger partial charge in [0.2, 0.25) is 5.88 Å². The van der Waals surface area contributed by atoms with Gasteiger partial charge in [-0.05, 0) is 48.2 Å². The first-order valence-corrected chi connectivity index (χ1v) is 9.95. The number of carbonyl (C=O) groups excluding carboxylic acids is 1. The maximum absolute atomic E-state index is 12.8. The van der Waals surface area contributed by atoms with Gasteiger partial charge >= 0.3 is 6.03 Å². The number of aryl methyl sites for hydroxylation is 1. The first kappa shape index (κ1) is 21.5. The van der Waals surface area contributed by atoms with Crippen molar-refractivity contribution in [3.05, 3.63) is 71.9 Å². The van der Waals surface area contributed by atoms with Gasteiger partial charge in [0, 0.05) is 11.8 Å². The van der Waals surface area contributed by atoms with Crippen molar-refractivity contribution in [1.29, 1.82) is 0 Å². The summed E-state index contributed by atoms with van der Waals surface area (Å²) in [6.45, 7) is 8.26. The second-order valence-corrected chi connectivity index (χ2v) is 8.41. The Bertz CT molecular complexity index is 1060. The van der Waals surface area contributed by atoms with E-state index >= 15 is 0 Å². The van der Waals surface area contributed by atoms with Crippen molar-refractivity contribution in [2.75, 3.05) is 15.4 Å². The molecule has 2 aromatic carbocycles. The molecule has 0 bridgehead atoms. The topological polar surface area (TPSA) is 80.5 Å². The maximum Gasteiger partial charge on any atom is 0.336 e. The standard InChI is InChI=1S/C23H26N4O2S/c1-15-11-12-19(17(24)14-15)27(30)22(28)26-18-9-7-13-25-21(18)29-20-10-6-5-8-16(20)23(2,3)4/h5-14,30H,24H2,1-4H3,(H,26,28). The first-order valence-electron chi connectivity index (χ1n) is 9.55. The Labute approximate surface area is 182 Å². The third-order valence-corrected chi connectivity index (χ3v) is 4.92. The van der Waals surface area contributed by atoms with Crippen molar-refractivity contribution in [3.63, 3.8) is 0 Å². The number of urea groups is 1. The van der Waals surface area contributed by atoms with Crippen LogP contribution in [-0.2, 0) is 5.41 Å². The second-order valence-electron chi connectivity index (χ2n) is 8.01. The van der Waals surface area contributed by atoms with Crippen LogP contribution in [0.1, 0.15) is 31.9 Å². The number of anilines is 3. The Morgan fingerprint density at radius 3 is 2.57 bits per heavy atom. The molecule has 0 saturated carbocycles. The van der Waals surface area contributed by atoms with Crippen LogP contribution in [0.2, 0.25) is 0 Å². The van der Waals surface area contributed by atoms with Gasteiger partial charge in [-0.2, -0.15) is 0 Å². The number of pyridine rings is 1. The van der Waals surface area contributed by atoms with Crippen molar-refractivity contribution >= 4 is 35.9 Å². The SMILES string of the molecule is Cc1ccc(N(S)C(=O)Nc2cccnc2Oc2ccccc2C(C)(C)C)c(N)c1. The molecule has 0 aliphatic carbocycles. The predicted octanol–water partition coefficient (Wildman–Crippen LogP) is 5.95. The Morgan fingerprint density at radius 1 is 1.13 bits per heavy atom. The lowest BCUT2D eigenvalue weighted by Crippen LogP contribution is -2.27.